The molecule has 1 saturated heterocycles. The number of epoxide rings is 1. The van der Waals surface area contributed by atoms with Gasteiger partial charge in [-0.2, -0.15) is 0 Å². The molecule has 2 heterocycles. The first-order chi connectivity index (χ1) is 7.83. The molecule has 3 nitrogen and oxygen atoms in total. The number of esters is 1. The van der Waals surface area contributed by atoms with Gasteiger partial charge in [0.1, 0.15) is 12.2 Å². The molecule has 0 aromatic heterocycles. The Kier molecular flexibility index (Phi) is 1.56. The zero-order chi connectivity index (χ0) is 10.7. The van der Waals surface area contributed by atoms with Crippen LogP contribution in [0.4, 0.5) is 0 Å². The normalized spacial score (nSPS) is 31.1. The van der Waals surface area contributed by atoms with Crippen molar-refractivity contribution in [1.82, 2.24) is 0 Å². The Hall–Kier alpha value is -1.35. The average Bonchev–Trinajstić information content (AvgIpc) is 3.16. The van der Waals surface area contributed by atoms with Gasteiger partial charge in [0.05, 0.1) is 12.2 Å². The van der Waals surface area contributed by atoms with Gasteiger partial charge in [-0.1, -0.05) is 6.07 Å². The lowest BCUT2D eigenvalue weighted by Gasteiger charge is -2.09. The zero-order valence-corrected chi connectivity index (χ0v) is 8.81. The summed E-state index contributed by atoms with van der Waals surface area (Å²) in [6, 6.07) is 5.96. The number of benzene rings is 1. The molecule has 16 heavy (non-hydrogen) atoms. The predicted octanol–water partition coefficient (Wildman–Crippen LogP) is 2.38. The summed E-state index contributed by atoms with van der Waals surface area (Å²) in [6.45, 7) is 0.807. The molecule has 2 unspecified atom stereocenters. The van der Waals surface area contributed by atoms with Crippen LogP contribution in [0.2, 0.25) is 0 Å². The smallest absolute Gasteiger partial charge is 0.339 e. The van der Waals surface area contributed by atoms with Gasteiger partial charge < -0.3 is 9.47 Å². The van der Waals surface area contributed by atoms with Crippen molar-refractivity contribution >= 4 is 5.97 Å². The van der Waals surface area contributed by atoms with E-state index in [2.05, 4.69) is 6.07 Å². The first-order valence-electron chi connectivity index (χ1n) is 5.79. The summed E-state index contributed by atoms with van der Waals surface area (Å²) in [5.41, 5.74) is 3.02. The SMILES string of the molecule is O=C1OC(C2CC2)c2cc(C3CO3)ccc21. The lowest BCUT2D eigenvalue weighted by atomic mass is 9.98. The minimum Gasteiger partial charge on any atom is -0.454 e. The summed E-state index contributed by atoms with van der Waals surface area (Å²) in [5, 5.41) is 0. The van der Waals surface area contributed by atoms with Crippen molar-refractivity contribution in [1.29, 1.82) is 0 Å². The number of hydrogen-bond acceptors (Lipinski definition) is 3. The van der Waals surface area contributed by atoms with Gasteiger partial charge in [0.2, 0.25) is 0 Å². The standard InChI is InChI=1S/C13H12O3/c14-13-9-4-3-8(11-6-15-11)5-10(9)12(16-13)7-1-2-7/h3-5,7,11-12H,1-2,6H2. The average molecular weight is 216 g/mol. The maximum Gasteiger partial charge on any atom is 0.339 e. The fourth-order valence-corrected chi connectivity index (χ4v) is 2.43. The molecule has 1 aliphatic carbocycles. The van der Waals surface area contributed by atoms with E-state index < -0.39 is 0 Å². The van der Waals surface area contributed by atoms with Crippen molar-refractivity contribution in [3.05, 3.63) is 34.9 Å². The molecule has 0 bridgehead atoms. The van der Waals surface area contributed by atoms with Gasteiger partial charge in [0, 0.05) is 11.5 Å². The summed E-state index contributed by atoms with van der Waals surface area (Å²) in [4.78, 5) is 11.7. The Balaban J connectivity index is 1.79. The van der Waals surface area contributed by atoms with Gasteiger partial charge in [-0.15, -0.1) is 0 Å². The topological polar surface area (TPSA) is 38.8 Å². The molecule has 1 aromatic carbocycles. The summed E-state index contributed by atoms with van der Waals surface area (Å²) in [5.74, 6) is 0.399. The highest BCUT2D eigenvalue weighted by molar-refractivity contribution is 5.94. The molecule has 0 amide bonds. The van der Waals surface area contributed by atoms with E-state index in [0.29, 0.717) is 5.92 Å². The van der Waals surface area contributed by atoms with Crippen molar-refractivity contribution < 1.29 is 14.3 Å². The molecule has 3 heteroatoms. The Labute approximate surface area is 93.4 Å². The lowest BCUT2D eigenvalue weighted by molar-refractivity contribution is 0.0338. The van der Waals surface area contributed by atoms with Crippen LogP contribution in [0.15, 0.2) is 18.2 Å². The number of fused-ring (bicyclic) bond motifs is 1. The second-order valence-corrected chi connectivity index (χ2v) is 4.83. The Morgan fingerprint density at radius 3 is 2.75 bits per heavy atom. The van der Waals surface area contributed by atoms with E-state index in [-0.39, 0.29) is 18.2 Å². The number of hydrogen-bond donors (Lipinski definition) is 0. The highest BCUT2D eigenvalue weighted by atomic mass is 16.6. The molecule has 0 spiro atoms. The van der Waals surface area contributed by atoms with Crippen LogP contribution in [0.25, 0.3) is 0 Å². The van der Waals surface area contributed by atoms with Gasteiger partial charge in [0.25, 0.3) is 0 Å². The molecule has 2 aliphatic heterocycles. The second-order valence-electron chi connectivity index (χ2n) is 4.83. The molecule has 82 valence electrons. The van der Waals surface area contributed by atoms with Crippen molar-refractivity contribution in [3.63, 3.8) is 0 Å². The molecular formula is C13H12O3. The first kappa shape index (κ1) is 8.76. The summed E-state index contributed by atoms with van der Waals surface area (Å²) in [6.07, 6.45) is 2.63. The molecule has 0 radical (unpaired) electrons. The molecule has 0 N–H and O–H groups in total. The monoisotopic (exact) mass is 216 g/mol. The highest BCUT2D eigenvalue weighted by Gasteiger charge is 2.42. The summed E-state index contributed by atoms with van der Waals surface area (Å²) < 4.78 is 10.7. The third kappa shape index (κ3) is 1.21. The van der Waals surface area contributed by atoms with Crippen LogP contribution in [-0.2, 0) is 9.47 Å². The molecule has 2 fully saturated rings. The van der Waals surface area contributed by atoms with E-state index in [1.807, 2.05) is 12.1 Å². The number of rotatable bonds is 2. The third-order valence-electron chi connectivity index (χ3n) is 3.59. The minimum absolute atomic E-state index is 0.0150. The van der Waals surface area contributed by atoms with Gasteiger partial charge in [-0.05, 0) is 30.5 Å². The van der Waals surface area contributed by atoms with Crippen molar-refractivity contribution in [2.45, 2.75) is 25.0 Å². The van der Waals surface area contributed by atoms with Crippen molar-refractivity contribution in [2.24, 2.45) is 5.92 Å². The molecular weight excluding hydrogens is 204 g/mol. The van der Waals surface area contributed by atoms with Gasteiger partial charge in [-0.3, -0.25) is 0 Å². The zero-order valence-electron chi connectivity index (χ0n) is 8.81. The number of ether oxygens (including phenoxy) is 2. The second kappa shape index (κ2) is 2.86. The van der Waals surface area contributed by atoms with Crippen LogP contribution >= 0.6 is 0 Å². The van der Waals surface area contributed by atoms with Crippen LogP contribution in [0, 0.1) is 5.92 Å². The Morgan fingerprint density at radius 1 is 1.25 bits per heavy atom. The lowest BCUT2D eigenvalue weighted by Crippen LogP contribution is -2.00. The maximum atomic E-state index is 11.7. The number of carbonyl (C=O) groups excluding carboxylic acids is 1. The van der Waals surface area contributed by atoms with E-state index in [1.54, 1.807) is 0 Å². The maximum absolute atomic E-state index is 11.7. The van der Waals surface area contributed by atoms with Crippen LogP contribution in [0.1, 0.15) is 46.5 Å². The summed E-state index contributed by atoms with van der Waals surface area (Å²) in [7, 11) is 0. The van der Waals surface area contributed by atoms with Gasteiger partial charge in [0.15, 0.2) is 0 Å². The van der Waals surface area contributed by atoms with E-state index in [9.17, 15) is 4.79 Å². The van der Waals surface area contributed by atoms with E-state index >= 15 is 0 Å². The van der Waals surface area contributed by atoms with Crippen LogP contribution in [0.3, 0.4) is 0 Å². The fourth-order valence-electron chi connectivity index (χ4n) is 2.43. The third-order valence-corrected chi connectivity index (χ3v) is 3.59. The van der Waals surface area contributed by atoms with Gasteiger partial charge >= 0.3 is 5.97 Å². The molecule has 3 aliphatic rings. The van der Waals surface area contributed by atoms with Crippen LogP contribution < -0.4 is 0 Å². The number of carbonyl (C=O) groups is 1. The molecule has 2 atom stereocenters. The molecule has 4 rings (SSSR count). The van der Waals surface area contributed by atoms with E-state index in [4.69, 9.17) is 9.47 Å². The van der Waals surface area contributed by atoms with Crippen LogP contribution in [0.5, 0.6) is 0 Å². The van der Waals surface area contributed by atoms with Crippen molar-refractivity contribution in [3.8, 4) is 0 Å². The fraction of sp³-hybridized carbons (Fsp3) is 0.462. The van der Waals surface area contributed by atoms with Crippen molar-refractivity contribution in [2.75, 3.05) is 6.61 Å². The predicted molar refractivity (Wildman–Crippen MR) is 56.0 cm³/mol. The van der Waals surface area contributed by atoms with Gasteiger partial charge in [-0.25, -0.2) is 4.79 Å². The largest absolute Gasteiger partial charge is 0.454 e. The van der Waals surface area contributed by atoms with Crippen LogP contribution in [-0.4, -0.2) is 12.6 Å². The quantitative estimate of drug-likeness (QED) is 0.562. The molecule has 1 saturated carbocycles. The minimum atomic E-state index is -0.157. The summed E-state index contributed by atoms with van der Waals surface area (Å²) >= 11 is 0. The Bertz CT molecular complexity index is 472. The first-order valence-corrected chi connectivity index (χ1v) is 5.79. The van der Waals surface area contributed by atoms with E-state index in [0.717, 1.165) is 17.7 Å². The number of cyclic esters (lactones) is 1. The molecule has 1 aromatic rings. The Morgan fingerprint density at radius 2 is 2.06 bits per heavy atom. The van der Waals surface area contributed by atoms with E-state index in [1.165, 1.54) is 18.4 Å². The highest BCUT2D eigenvalue weighted by Crippen LogP contribution is 2.48.